The normalized spacial score (nSPS) is 17.8. The topological polar surface area (TPSA) is 0 Å². The van der Waals surface area contributed by atoms with E-state index in [0.717, 1.165) is 38.0 Å². The van der Waals surface area contributed by atoms with Gasteiger partial charge in [0.25, 0.3) is 0 Å². The van der Waals surface area contributed by atoms with Crippen molar-refractivity contribution in [3.05, 3.63) is 59.8 Å². The summed E-state index contributed by atoms with van der Waals surface area (Å²) in [5.74, 6) is 10.3. The summed E-state index contributed by atoms with van der Waals surface area (Å²) < 4.78 is 0. The van der Waals surface area contributed by atoms with Gasteiger partial charge in [0.2, 0.25) is 0 Å². The minimum Gasteiger partial charge on any atom is -0.162 e. The molecule has 0 nitrogen and oxygen atoms in total. The Balaban J connectivity index is 2.34. The molecule has 0 bridgehead atoms. The fourth-order valence-corrected chi connectivity index (χ4v) is 3.89. The Hall–Kier alpha value is -1.39. The van der Waals surface area contributed by atoms with Crippen molar-refractivity contribution in [2.75, 3.05) is 11.5 Å². The van der Waals surface area contributed by atoms with Crippen molar-refractivity contribution in [2.24, 2.45) is 11.8 Å². The van der Waals surface area contributed by atoms with Crippen LogP contribution < -0.4 is 0 Å². The van der Waals surface area contributed by atoms with Crippen molar-refractivity contribution in [2.45, 2.75) is 72.6 Å². The summed E-state index contributed by atoms with van der Waals surface area (Å²) in [6.07, 6.45) is 26.2. The van der Waals surface area contributed by atoms with Gasteiger partial charge in [-0.15, -0.1) is 0 Å². The Kier molecular flexibility index (Phi) is 14.6. The zero-order chi connectivity index (χ0) is 20.5. The minimum atomic E-state index is 0.408. The molecule has 0 radical (unpaired) electrons. The van der Waals surface area contributed by atoms with Gasteiger partial charge in [0.15, 0.2) is 0 Å². The van der Waals surface area contributed by atoms with Crippen LogP contribution in [0.3, 0.4) is 0 Å². The van der Waals surface area contributed by atoms with Gasteiger partial charge in [0.1, 0.15) is 0 Å². The van der Waals surface area contributed by atoms with E-state index in [1.54, 1.807) is 0 Å². The van der Waals surface area contributed by atoms with Crippen LogP contribution in [0.15, 0.2) is 59.8 Å². The predicted octanol–water partition coefficient (Wildman–Crippen LogP) is 8.30. The summed E-state index contributed by atoms with van der Waals surface area (Å²) in [5.41, 5.74) is 2.77. The van der Waals surface area contributed by atoms with Crippen molar-refractivity contribution in [1.82, 2.24) is 0 Å². The maximum Gasteiger partial charge on any atom is 0.0133 e. The number of rotatable bonds is 10. The van der Waals surface area contributed by atoms with Crippen LogP contribution in [0.1, 0.15) is 72.6 Å². The van der Waals surface area contributed by atoms with Crippen molar-refractivity contribution in [1.29, 1.82) is 0 Å². The van der Waals surface area contributed by atoms with Crippen molar-refractivity contribution in [3.63, 3.8) is 0 Å². The Morgan fingerprint density at radius 2 is 2.07 bits per heavy atom. The molecule has 0 aromatic heterocycles. The molecule has 1 heteroatoms. The molecule has 28 heavy (non-hydrogen) atoms. The molecular weight excluding hydrogens is 356 g/mol. The highest BCUT2D eigenvalue weighted by molar-refractivity contribution is 7.99. The standard InChI is InChI=1S/C27H40S/c1-5-26-18-12-8-9-13-19-27(22-26)20-15-17-25(4)16-11-7-6-10-14-21-28-23-24(2)3/h12-13,15-16,18-20,22,24,27H,5-6,8-10,14,17,21,23H2,1-4H3/b18-12?,19-13?,20-15+,25-16+,26-22?/t27-/m1/s1. The van der Waals surface area contributed by atoms with Gasteiger partial charge >= 0.3 is 0 Å². The van der Waals surface area contributed by atoms with E-state index in [1.807, 2.05) is 0 Å². The summed E-state index contributed by atoms with van der Waals surface area (Å²) in [4.78, 5) is 0. The molecule has 0 heterocycles. The molecule has 1 rings (SSSR count). The number of unbranched alkanes of at least 4 members (excludes halogenated alkanes) is 2. The largest absolute Gasteiger partial charge is 0.162 e. The van der Waals surface area contributed by atoms with Crippen LogP contribution in [0.4, 0.5) is 0 Å². The SMILES string of the molecule is CCC1=C[C@@H](/C=C/C/C(C)=C/C#CCCCCSCC(C)C)C=CCCC=C1. The molecule has 0 saturated carbocycles. The monoisotopic (exact) mass is 396 g/mol. The van der Waals surface area contributed by atoms with Gasteiger partial charge in [-0.3, -0.25) is 0 Å². The predicted molar refractivity (Wildman–Crippen MR) is 131 cm³/mol. The summed E-state index contributed by atoms with van der Waals surface area (Å²) in [6.45, 7) is 8.98. The van der Waals surface area contributed by atoms with E-state index in [9.17, 15) is 0 Å². The number of hydrogen-bond acceptors (Lipinski definition) is 1. The third-order valence-electron chi connectivity index (χ3n) is 4.52. The van der Waals surface area contributed by atoms with Crippen LogP contribution in [-0.2, 0) is 0 Å². The second kappa shape index (κ2) is 16.6. The van der Waals surface area contributed by atoms with Gasteiger partial charge in [-0.05, 0) is 68.9 Å². The second-order valence-electron chi connectivity index (χ2n) is 7.95. The molecule has 1 aliphatic carbocycles. The molecule has 0 N–H and O–H groups in total. The number of allylic oxidation sites excluding steroid dienone is 10. The average molecular weight is 397 g/mol. The van der Waals surface area contributed by atoms with Gasteiger partial charge in [-0.2, -0.15) is 11.8 Å². The zero-order valence-corrected chi connectivity index (χ0v) is 19.4. The highest BCUT2D eigenvalue weighted by atomic mass is 32.2. The Morgan fingerprint density at radius 1 is 1.25 bits per heavy atom. The van der Waals surface area contributed by atoms with Crippen LogP contribution in [0.2, 0.25) is 0 Å². The van der Waals surface area contributed by atoms with Crippen molar-refractivity contribution < 1.29 is 0 Å². The third kappa shape index (κ3) is 13.7. The van der Waals surface area contributed by atoms with Gasteiger partial charge < -0.3 is 0 Å². The molecule has 0 saturated heterocycles. The smallest absolute Gasteiger partial charge is 0.0133 e. The molecule has 0 unspecified atom stereocenters. The first-order valence-corrected chi connectivity index (χ1v) is 12.2. The van der Waals surface area contributed by atoms with E-state index in [1.165, 1.54) is 35.5 Å². The summed E-state index contributed by atoms with van der Waals surface area (Å²) in [5, 5.41) is 0. The van der Waals surface area contributed by atoms with Gasteiger partial charge in [0.05, 0.1) is 0 Å². The summed E-state index contributed by atoms with van der Waals surface area (Å²) in [7, 11) is 0. The Labute approximate surface area is 179 Å². The van der Waals surface area contributed by atoms with E-state index in [2.05, 4.69) is 99.9 Å². The lowest BCUT2D eigenvalue weighted by Gasteiger charge is -2.04. The van der Waals surface area contributed by atoms with Crippen LogP contribution in [0.25, 0.3) is 0 Å². The lowest BCUT2D eigenvalue weighted by molar-refractivity contribution is 0.748. The molecule has 0 spiro atoms. The molecule has 0 aromatic rings. The zero-order valence-electron chi connectivity index (χ0n) is 18.5. The quantitative estimate of drug-likeness (QED) is 0.203. The molecule has 0 amide bonds. The molecule has 0 aromatic carbocycles. The maximum absolute atomic E-state index is 3.30. The molecule has 1 aliphatic rings. The first kappa shape index (κ1) is 24.6. The van der Waals surface area contributed by atoms with Crippen molar-refractivity contribution >= 4 is 11.8 Å². The molecule has 154 valence electrons. The van der Waals surface area contributed by atoms with E-state index < -0.39 is 0 Å². The van der Waals surface area contributed by atoms with Crippen LogP contribution in [0.5, 0.6) is 0 Å². The van der Waals surface area contributed by atoms with Gasteiger partial charge in [0, 0.05) is 12.3 Å². The lowest BCUT2D eigenvalue weighted by Crippen LogP contribution is -1.92. The van der Waals surface area contributed by atoms with Crippen LogP contribution in [-0.4, -0.2) is 11.5 Å². The number of thioether (sulfide) groups is 1. The van der Waals surface area contributed by atoms with Gasteiger partial charge in [-0.1, -0.05) is 86.3 Å². The average Bonchev–Trinajstić information content (AvgIpc) is 2.78. The maximum atomic E-state index is 3.30. The summed E-state index contributed by atoms with van der Waals surface area (Å²) in [6, 6.07) is 0. The van der Waals surface area contributed by atoms with Crippen molar-refractivity contribution in [3.8, 4) is 11.8 Å². The molecule has 0 aliphatic heterocycles. The fraction of sp³-hybridized carbons (Fsp3) is 0.556. The molecule has 0 fully saturated rings. The summed E-state index contributed by atoms with van der Waals surface area (Å²) >= 11 is 2.08. The Bertz CT molecular complexity index is 616. The molecular formula is C27H40S. The van der Waals surface area contributed by atoms with E-state index >= 15 is 0 Å². The first-order valence-electron chi connectivity index (χ1n) is 11.0. The van der Waals surface area contributed by atoms with E-state index in [-0.39, 0.29) is 0 Å². The van der Waals surface area contributed by atoms with E-state index in [0.29, 0.717) is 5.92 Å². The van der Waals surface area contributed by atoms with Gasteiger partial charge in [-0.25, -0.2) is 0 Å². The lowest BCUT2D eigenvalue weighted by atomic mass is 10.0. The van der Waals surface area contributed by atoms with E-state index in [4.69, 9.17) is 0 Å². The van der Waals surface area contributed by atoms with Crippen LogP contribution >= 0.6 is 11.8 Å². The van der Waals surface area contributed by atoms with Crippen LogP contribution in [0, 0.1) is 23.7 Å². The Morgan fingerprint density at radius 3 is 2.86 bits per heavy atom. The highest BCUT2D eigenvalue weighted by Gasteiger charge is 1.99. The number of hydrogen-bond donors (Lipinski definition) is 0. The highest BCUT2D eigenvalue weighted by Crippen LogP contribution is 2.16. The second-order valence-corrected chi connectivity index (χ2v) is 9.10. The first-order chi connectivity index (χ1) is 13.6. The fourth-order valence-electron chi connectivity index (χ4n) is 2.85. The minimum absolute atomic E-state index is 0.408. The third-order valence-corrected chi connectivity index (χ3v) is 6.00. The molecule has 1 atom stereocenters.